The average Bonchev–Trinajstić information content (AvgIpc) is 2.92. The lowest BCUT2D eigenvalue weighted by Gasteiger charge is -2.29. The number of halogens is 1. The van der Waals surface area contributed by atoms with Crippen molar-refractivity contribution in [1.29, 1.82) is 0 Å². The van der Waals surface area contributed by atoms with Gasteiger partial charge < -0.3 is 4.57 Å². The Hall–Kier alpha value is -1.88. The smallest absolute Gasteiger partial charge is 0.224 e. The molecule has 1 fully saturated rings. The first kappa shape index (κ1) is 11.9. The van der Waals surface area contributed by atoms with Gasteiger partial charge >= 0.3 is 0 Å². The zero-order chi connectivity index (χ0) is 13.7. The molecule has 0 bridgehead atoms. The molecule has 0 saturated heterocycles. The Bertz CT molecular complexity index is 784. The SMILES string of the molecule is Cn1cc(-c2cc3cnc(Cl)nc3n2C2CCC2)cn1. The summed E-state index contributed by atoms with van der Waals surface area (Å²) in [6, 6.07) is 2.63. The second kappa shape index (κ2) is 4.31. The summed E-state index contributed by atoms with van der Waals surface area (Å²) >= 11 is 5.96. The molecule has 0 spiro atoms. The van der Waals surface area contributed by atoms with Gasteiger partial charge in [-0.3, -0.25) is 4.68 Å². The summed E-state index contributed by atoms with van der Waals surface area (Å²) in [5.74, 6) is 0. The van der Waals surface area contributed by atoms with Gasteiger partial charge in [0.15, 0.2) is 0 Å². The molecular weight excluding hydrogens is 274 g/mol. The van der Waals surface area contributed by atoms with Crippen molar-refractivity contribution in [3.05, 3.63) is 29.9 Å². The molecule has 20 heavy (non-hydrogen) atoms. The number of hydrogen-bond donors (Lipinski definition) is 0. The molecule has 3 heterocycles. The number of aryl methyl sites for hydroxylation is 1. The van der Waals surface area contributed by atoms with Crippen LogP contribution >= 0.6 is 11.6 Å². The molecule has 1 aliphatic carbocycles. The molecule has 102 valence electrons. The molecule has 0 aliphatic heterocycles. The third kappa shape index (κ3) is 1.73. The zero-order valence-electron chi connectivity index (χ0n) is 11.1. The minimum atomic E-state index is 0.300. The van der Waals surface area contributed by atoms with E-state index in [4.69, 9.17) is 11.6 Å². The van der Waals surface area contributed by atoms with Crippen molar-refractivity contribution < 1.29 is 0 Å². The first-order chi connectivity index (χ1) is 9.72. The summed E-state index contributed by atoms with van der Waals surface area (Å²) in [7, 11) is 1.93. The second-order valence-electron chi connectivity index (χ2n) is 5.30. The van der Waals surface area contributed by atoms with Crippen LogP contribution in [-0.4, -0.2) is 24.3 Å². The fraction of sp³-hybridized carbons (Fsp3) is 0.357. The molecule has 1 saturated carbocycles. The van der Waals surface area contributed by atoms with Crippen LogP contribution in [0.3, 0.4) is 0 Å². The normalized spacial score (nSPS) is 15.7. The lowest BCUT2D eigenvalue weighted by molar-refractivity contribution is 0.323. The number of aromatic nitrogens is 5. The zero-order valence-corrected chi connectivity index (χ0v) is 11.9. The van der Waals surface area contributed by atoms with Gasteiger partial charge in [-0.05, 0) is 36.9 Å². The van der Waals surface area contributed by atoms with Crippen LogP contribution in [0.5, 0.6) is 0 Å². The quantitative estimate of drug-likeness (QED) is 0.680. The van der Waals surface area contributed by atoms with E-state index in [9.17, 15) is 0 Å². The highest BCUT2D eigenvalue weighted by Gasteiger charge is 2.25. The van der Waals surface area contributed by atoms with Gasteiger partial charge in [-0.1, -0.05) is 0 Å². The Labute approximate surface area is 121 Å². The molecule has 1 aliphatic rings. The fourth-order valence-electron chi connectivity index (χ4n) is 2.78. The third-order valence-corrected chi connectivity index (χ3v) is 4.17. The van der Waals surface area contributed by atoms with Crippen LogP contribution in [0.1, 0.15) is 25.3 Å². The van der Waals surface area contributed by atoms with Crippen molar-refractivity contribution in [3.63, 3.8) is 0 Å². The minimum Gasteiger partial charge on any atom is -0.322 e. The van der Waals surface area contributed by atoms with Gasteiger partial charge in [0.05, 0.1) is 11.9 Å². The van der Waals surface area contributed by atoms with Crippen molar-refractivity contribution in [3.8, 4) is 11.3 Å². The largest absolute Gasteiger partial charge is 0.322 e. The molecule has 3 aromatic heterocycles. The molecule has 3 aromatic rings. The Morgan fingerprint density at radius 1 is 1.30 bits per heavy atom. The van der Waals surface area contributed by atoms with Gasteiger partial charge in [0.1, 0.15) is 5.65 Å². The maximum atomic E-state index is 5.96. The predicted molar refractivity (Wildman–Crippen MR) is 77.6 cm³/mol. The predicted octanol–water partition coefficient (Wildman–Crippen LogP) is 3.21. The Kier molecular flexibility index (Phi) is 2.57. The molecule has 0 aromatic carbocycles. The van der Waals surface area contributed by atoms with E-state index < -0.39 is 0 Å². The van der Waals surface area contributed by atoms with Crippen LogP contribution in [-0.2, 0) is 7.05 Å². The highest BCUT2D eigenvalue weighted by Crippen LogP contribution is 2.39. The van der Waals surface area contributed by atoms with E-state index in [2.05, 4.69) is 25.7 Å². The van der Waals surface area contributed by atoms with Gasteiger partial charge in [-0.25, -0.2) is 4.98 Å². The Morgan fingerprint density at radius 3 is 2.80 bits per heavy atom. The van der Waals surface area contributed by atoms with Crippen molar-refractivity contribution in [2.45, 2.75) is 25.3 Å². The number of hydrogen-bond acceptors (Lipinski definition) is 3. The number of rotatable bonds is 2. The average molecular weight is 288 g/mol. The lowest BCUT2D eigenvalue weighted by atomic mass is 9.92. The molecule has 4 rings (SSSR count). The molecule has 0 unspecified atom stereocenters. The minimum absolute atomic E-state index is 0.300. The van der Waals surface area contributed by atoms with Gasteiger partial charge in [-0.15, -0.1) is 0 Å². The molecule has 6 heteroatoms. The van der Waals surface area contributed by atoms with Crippen LogP contribution in [0, 0.1) is 0 Å². The summed E-state index contributed by atoms with van der Waals surface area (Å²) in [5.41, 5.74) is 3.18. The Morgan fingerprint density at radius 2 is 2.15 bits per heavy atom. The standard InChI is InChI=1S/C14H14ClN5/c1-19-8-10(7-17-19)12-5-9-6-16-14(15)18-13(9)20(12)11-3-2-4-11/h5-8,11H,2-4H2,1H3. The second-order valence-corrected chi connectivity index (χ2v) is 5.64. The molecule has 0 radical (unpaired) electrons. The van der Waals surface area contributed by atoms with Crippen molar-refractivity contribution in [2.24, 2.45) is 7.05 Å². The number of fused-ring (bicyclic) bond motifs is 1. The van der Waals surface area contributed by atoms with Crippen LogP contribution in [0.2, 0.25) is 5.28 Å². The number of nitrogens with zero attached hydrogens (tertiary/aromatic N) is 5. The summed E-state index contributed by atoms with van der Waals surface area (Å²) in [6.45, 7) is 0. The van der Waals surface area contributed by atoms with E-state index in [1.807, 2.05) is 24.1 Å². The summed E-state index contributed by atoms with van der Waals surface area (Å²) in [5, 5.41) is 5.59. The molecule has 0 amide bonds. The first-order valence-electron chi connectivity index (χ1n) is 6.75. The monoisotopic (exact) mass is 287 g/mol. The van der Waals surface area contributed by atoms with Gasteiger partial charge in [0.2, 0.25) is 5.28 Å². The highest BCUT2D eigenvalue weighted by atomic mass is 35.5. The Balaban J connectivity index is 1.99. The topological polar surface area (TPSA) is 48.5 Å². The van der Waals surface area contributed by atoms with Crippen molar-refractivity contribution in [1.82, 2.24) is 24.3 Å². The first-order valence-corrected chi connectivity index (χ1v) is 7.12. The summed E-state index contributed by atoms with van der Waals surface area (Å²) in [4.78, 5) is 8.51. The van der Waals surface area contributed by atoms with Crippen LogP contribution in [0.4, 0.5) is 0 Å². The van der Waals surface area contributed by atoms with E-state index >= 15 is 0 Å². The maximum Gasteiger partial charge on any atom is 0.224 e. The van der Waals surface area contributed by atoms with E-state index in [1.54, 1.807) is 6.20 Å². The molecular formula is C14H14ClN5. The fourth-order valence-corrected chi connectivity index (χ4v) is 2.91. The van der Waals surface area contributed by atoms with E-state index in [1.165, 1.54) is 19.3 Å². The van der Waals surface area contributed by atoms with Gasteiger partial charge in [-0.2, -0.15) is 10.1 Å². The molecule has 0 atom stereocenters. The van der Waals surface area contributed by atoms with Crippen LogP contribution < -0.4 is 0 Å². The van der Waals surface area contributed by atoms with E-state index in [-0.39, 0.29) is 0 Å². The third-order valence-electron chi connectivity index (χ3n) is 3.99. The van der Waals surface area contributed by atoms with E-state index in [0.29, 0.717) is 11.3 Å². The lowest BCUT2D eigenvalue weighted by Crippen LogP contribution is -2.18. The highest BCUT2D eigenvalue weighted by molar-refractivity contribution is 6.28. The molecule has 5 nitrogen and oxygen atoms in total. The molecule has 0 N–H and O–H groups in total. The van der Waals surface area contributed by atoms with Crippen LogP contribution in [0.25, 0.3) is 22.3 Å². The van der Waals surface area contributed by atoms with Gasteiger partial charge in [0, 0.05) is 36.4 Å². The van der Waals surface area contributed by atoms with Crippen molar-refractivity contribution in [2.75, 3.05) is 0 Å². The van der Waals surface area contributed by atoms with Crippen molar-refractivity contribution >= 4 is 22.6 Å². The maximum absolute atomic E-state index is 5.96. The van der Waals surface area contributed by atoms with E-state index in [0.717, 1.165) is 22.3 Å². The van der Waals surface area contributed by atoms with Crippen LogP contribution in [0.15, 0.2) is 24.7 Å². The summed E-state index contributed by atoms with van der Waals surface area (Å²) in [6.07, 6.45) is 9.36. The summed E-state index contributed by atoms with van der Waals surface area (Å²) < 4.78 is 4.11. The van der Waals surface area contributed by atoms with Gasteiger partial charge in [0.25, 0.3) is 0 Å².